The normalized spacial score (nSPS) is 20.1. The monoisotopic (exact) mass is 484 g/mol. The van der Waals surface area contributed by atoms with Crippen LogP contribution in [0.15, 0.2) is 66.9 Å². The Bertz CT molecular complexity index is 1290. The van der Waals surface area contributed by atoms with Crippen LogP contribution in [-0.4, -0.2) is 45.5 Å². The number of likely N-dealkylation sites (tertiary alicyclic amines) is 1. The molecule has 1 saturated heterocycles. The minimum Gasteiger partial charge on any atom is -0.478 e. The maximum Gasteiger partial charge on any atom is 0.335 e. The molecule has 2 heterocycles. The molecule has 1 saturated carbocycles. The van der Waals surface area contributed by atoms with E-state index in [9.17, 15) is 14.4 Å². The summed E-state index contributed by atoms with van der Waals surface area (Å²) in [5.41, 5.74) is 3.75. The first-order valence-corrected chi connectivity index (χ1v) is 12.1. The van der Waals surface area contributed by atoms with Gasteiger partial charge in [-0.1, -0.05) is 38.1 Å². The lowest BCUT2D eigenvalue weighted by Gasteiger charge is -2.27. The zero-order chi connectivity index (χ0) is 25.4. The number of nitrogens with zero attached hydrogens (tertiary/aromatic N) is 2. The summed E-state index contributed by atoms with van der Waals surface area (Å²) in [6.45, 7) is 4.81. The lowest BCUT2D eigenvalue weighted by Crippen LogP contribution is -2.47. The summed E-state index contributed by atoms with van der Waals surface area (Å²) in [5.74, 6) is 0.129. The quantitative estimate of drug-likeness (QED) is 0.453. The largest absolute Gasteiger partial charge is 0.478 e. The smallest absolute Gasteiger partial charge is 0.335 e. The highest BCUT2D eigenvalue weighted by molar-refractivity contribution is 6.00. The zero-order valence-corrected chi connectivity index (χ0v) is 20.1. The summed E-state index contributed by atoms with van der Waals surface area (Å²) in [6, 6.07) is 17.0. The number of carboxylic acid groups (broad SMARTS) is 1. The maximum atomic E-state index is 13.2. The molecule has 2 aromatic carbocycles. The third-order valence-electron chi connectivity index (χ3n) is 6.99. The van der Waals surface area contributed by atoms with Crippen molar-refractivity contribution in [3.8, 4) is 11.1 Å². The third kappa shape index (κ3) is 4.79. The molecule has 5 rings (SSSR count). The Morgan fingerprint density at radius 3 is 2.25 bits per heavy atom. The lowest BCUT2D eigenvalue weighted by atomic mass is 10.0. The molecule has 3 amide bonds. The Hall–Kier alpha value is -4.20. The van der Waals surface area contributed by atoms with Crippen molar-refractivity contribution in [2.45, 2.75) is 32.2 Å². The number of aromatic carboxylic acids is 1. The Kier molecular flexibility index (Phi) is 6.18. The molecule has 3 aromatic rings. The van der Waals surface area contributed by atoms with Crippen molar-refractivity contribution in [3.63, 3.8) is 0 Å². The van der Waals surface area contributed by atoms with Gasteiger partial charge in [0, 0.05) is 24.0 Å². The number of amides is 3. The fourth-order valence-corrected chi connectivity index (χ4v) is 4.80. The highest BCUT2D eigenvalue weighted by atomic mass is 16.4. The third-order valence-corrected chi connectivity index (χ3v) is 6.99. The van der Waals surface area contributed by atoms with Gasteiger partial charge in [-0.3, -0.25) is 4.79 Å². The van der Waals surface area contributed by atoms with Crippen LogP contribution < -0.4 is 10.6 Å². The molecule has 3 N–H and O–H groups in total. The van der Waals surface area contributed by atoms with Gasteiger partial charge >= 0.3 is 12.0 Å². The van der Waals surface area contributed by atoms with Crippen LogP contribution >= 0.6 is 0 Å². The van der Waals surface area contributed by atoms with Crippen molar-refractivity contribution in [1.29, 1.82) is 0 Å². The standard InChI is InChI=1S/C28H28N4O4/c1-16(2)17-7-10-22(11-8-17)30-28(36)32-15-21-13-23(21)25(32)26(33)31-24-12-9-20(14-29-24)18-3-5-19(6-4-18)27(34)35/h3-12,14,16,21,23,25H,13,15H2,1-2H3,(H,30,36)(H,34,35)(H,29,31,33)/t21?,23?,25-/m1/s1. The first kappa shape index (κ1) is 23.5. The SMILES string of the molecule is CC(C)c1ccc(NC(=O)N2CC3CC3[C@@H]2C(=O)Nc2ccc(-c3ccc(C(=O)O)cc3)cn2)cc1. The Balaban J connectivity index is 1.23. The Morgan fingerprint density at radius 2 is 1.64 bits per heavy atom. The van der Waals surface area contributed by atoms with Crippen molar-refractivity contribution >= 4 is 29.4 Å². The molecule has 1 aliphatic heterocycles. The van der Waals surface area contributed by atoms with Gasteiger partial charge < -0.3 is 20.6 Å². The van der Waals surface area contributed by atoms with E-state index in [4.69, 9.17) is 5.11 Å². The number of rotatable bonds is 6. The average Bonchev–Trinajstić information content (AvgIpc) is 3.53. The molecule has 3 atom stereocenters. The predicted molar refractivity (Wildman–Crippen MR) is 137 cm³/mol. The molecule has 8 nitrogen and oxygen atoms in total. The maximum absolute atomic E-state index is 13.2. The molecule has 2 fully saturated rings. The number of piperidine rings is 1. The van der Waals surface area contributed by atoms with Crippen molar-refractivity contribution in [2.75, 3.05) is 17.2 Å². The van der Waals surface area contributed by atoms with Gasteiger partial charge in [0.15, 0.2) is 0 Å². The lowest BCUT2D eigenvalue weighted by molar-refractivity contribution is -0.120. The van der Waals surface area contributed by atoms with E-state index < -0.39 is 12.0 Å². The molecule has 184 valence electrons. The van der Waals surface area contributed by atoms with E-state index in [1.54, 1.807) is 29.3 Å². The summed E-state index contributed by atoms with van der Waals surface area (Å²) >= 11 is 0. The number of carbonyl (C=O) groups excluding carboxylic acids is 2. The highest BCUT2D eigenvalue weighted by Gasteiger charge is 2.57. The average molecular weight is 485 g/mol. The summed E-state index contributed by atoms with van der Waals surface area (Å²) < 4.78 is 0. The first-order chi connectivity index (χ1) is 17.3. The minimum atomic E-state index is -0.977. The zero-order valence-electron chi connectivity index (χ0n) is 20.1. The van der Waals surface area contributed by atoms with Crippen LogP contribution in [0, 0.1) is 11.8 Å². The number of urea groups is 1. The number of anilines is 2. The van der Waals surface area contributed by atoms with Gasteiger partial charge in [0.25, 0.3) is 0 Å². The predicted octanol–water partition coefficient (Wildman–Crippen LogP) is 5.06. The topological polar surface area (TPSA) is 112 Å². The van der Waals surface area contributed by atoms with E-state index in [0.29, 0.717) is 29.9 Å². The van der Waals surface area contributed by atoms with Gasteiger partial charge in [0.1, 0.15) is 11.9 Å². The van der Waals surface area contributed by atoms with Crippen LogP contribution in [0.4, 0.5) is 16.3 Å². The van der Waals surface area contributed by atoms with Crippen LogP contribution in [0.2, 0.25) is 0 Å². The molecule has 36 heavy (non-hydrogen) atoms. The van der Waals surface area contributed by atoms with Gasteiger partial charge in [-0.15, -0.1) is 0 Å². The number of hydrogen-bond donors (Lipinski definition) is 3. The number of nitrogens with one attached hydrogen (secondary N) is 2. The number of pyridine rings is 1. The molecule has 0 radical (unpaired) electrons. The van der Waals surface area contributed by atoms with Crippen LogP contribution in [0.1, 0.15) is 42.1 Å². The molecule has 0 spiro atoms. The summed E-state index contributed by atoms with van der Waals surface area (Å²) in [4.78, 5) is 43.2. The summed E-state index contributed by atoms with van der Waals surface area (Å²) in [6.07, 6.45) is 2.58. The van der Waals surface area contributed by atoms with Crippen LogP contribution in [0.25, 0.3) is 11.1 Å². The van der Waals surface area contributed by atoms with Crippen molar-refractivity contribution in [3.05, 3.63) is 78.0 Å². The van der Waals surface area contributed by atoms with Crippen LogP contribution in [-0.2, 0) is 4.79 Å². The Labute approximate surface area is 209 Å². The second kappa shape index (κ2) is 9.45. The molecule has 8 heteroatoms. The summed E-state index contributed by atoms with van der Waals surface area (Å²) in [7, 11) is 0. The minimum absolute atomic E-state index is 0.172. The number of benzene rings is 2. The molecular formula is C28H28N4O4. The van der Waals surface area contributed by atoms with Crippen molar-refractivity contribution < 1.29 is 19.5 Å². The van der Waals surface area contributed by atoms with Gasteiger partial charge in [0.2, 0.25) is 5.91 Å². The van der Waals surface area contributed by atoms with E-state index in [1.165, 1.54) is 17.7 Å². The first-order valence-electron chi connectivity index (χ1n) is 12.1. The van der Waals surface area contributed by atoms with Crippen molar-refractivity contribution in [1.82, 2.24) is 9.88 Å². The van der Waals surface area contributed by atoms with E-state index in [2.05, 4.69) is 29.5 Å². The fraction of sp³-hybridized carbons (Fsp3) is 0.286. The molecule has 2 unspecified atom stereocenters. The van der Waals surface area contributed by atoms with Gasteiger partial charge in [-0.25, -0.2) is 14.6 Å². The number of hydrogen-bond acceptors (Lipinski definition) is 4. The van der Waals surface area contributed by atoms with Crippen molar-refractivity contribution in [2.24, 2.45) is 11.8 Å². The molecule has 2 aliphatic rings. The number of carbonyl (C=O) groups is 3. The molecular weight excluding hydrogens is 456 g/mol. The number of aromatic nitrogens is 1. The van der Waals surface area contributed by atoms with Gasteiger partial charge in [-0.05, 0) is 71.7 Å². The highest BCUT2D eigenvalue weighted by Crippen LogP contribution is 2.50. The van der Waals surface area contributed by atoms with Crippen LogP contribution in [0.3, 0.4) is 0 Å². The van der Waals surface area contributed by atoms with Gasteiger partial charge in [-0.2, -0.15) is 0 Å². The van der Waals surface area contributed by atoms with E-state index in [1.807, 2.05) is 30.3 Å². The molecule has 0 bridgehead atoms. The van der Waals surface area contributed by atoms with E-state index in [-0.39, 0.29) is 23.4 Å². The van der Waals surface area contributed by atoms with Crippen LogP contribution in [0.5, 0.6) is 0 Å². The second-order valence-corrected chi connectivity index (χ2v) is 9.77. The van der Waals surface area contributed by atoms with E-state index in [0.717, 1.165) is 17.5 Å². The second-order valence-electron chi connectivity index (χ2n) is 9.77. The van der Waals surface area contributed by atoms with E-state index >= 15 is 0 Å². The number of carboxylic acids is 1. The number of fused-ring (bicyclic) bond motifs is 1. The Morgan fingerprint density at radius 1 is 0.944 bits per heavy atom. The summed E-state index contributed by atoms with van der Waals surface area (Å²) in [5, 5.41) is 14.8. The van der Waals surface area contributed by atoms with Gasteiger partial charge in [0.05, 0.1) is 5.56 Å². The fourth-order valence-electron chi connectivity index (χ4n) is 4.80. The molecule has 1 aliphatic carbocycles. The molecule has 1 aromatic heterocycles.